The van der Waals surface area contributed by atoms with E-state index in [1.807, 2.05) is 0 Å². The standard InChI is InChI=1S/C19H19FN4O7S/c1-8(4-14(25)24-11(18(28)29)6-15(26)27)17-23-7-13(32-17)19(30)31-12-3-2-9(16(21)22)5-10(12)20/h2-3,5,7-8,11H,4,6H2,1H3,(H3,21,22)(H,24,25)(H,26,27)(H,28,29)/t8?,11-/m0/s1. The predicted molar refractivity (Wildman–Crippen MR) is 109 cm³/mol. The molecule has 1 aromatic heterocycles. The number of amidine groups is 1. The molecular weight excluding hydrogens is 447 g/mol. The Kier molecular flexibility index (Phi) is 7.96. The molecule has 0 fully saturated rings. The van der Waals surface area contributed by atoms with Gasteiger partial charge in [0.1, 0.15) is 16.8 Å². The van der Waals surface area contributed by atoms with Crippen molar-refractivity contribution in [1.29, 1.82) is 5.41 Å². The number of carbonyl (C=O) groups is 4. The molecule has 0 bridgehead atoms. The number of benzene rings is 1. The quantitative estimate of drug-likeness (QED) is 0.149. The fourth-order valence-corrected chi connectivity index (χ4v) is 3.35. The number of carbonyl (C=O) groups excluding carboxylic acids is 2. The molecule has 2 atom stereocenters. The van der Waals surface area contributed by atoms with Crippen LogP contribution in [0, 0.1) is 11.2 Å². The van der Waals surface area contributed by atoms with E-state index in [0.29, 0.717) is 5.01 Å². The van der Waals surface area contributed by atoms with Gasteiger partial charge in [-0.3, -0.25) is 15.0 Å². The summed E-state index contributed by atoms with van der Waals surface area (Å²) in [6, 6.07) is 1.87. The Morgan fingerprint density at radius 1 is 1.28 bits per heavy atom. The molecule has 1 aromatic carbocycles. The first-order chi connectivity index (χ1) is 15.0. The predicted octanol–water partition coefficient (Wildman–Crippen LogP) is 1.32. The molecule has 2 aromatic rings. The van der Waals surface area contributed by atoms with Gasteiger partial charge in [0, 0.05) is 17.9 Å². The Morgan fingerprint density at radius 3 is 2.53 bits per heavy atom. The number of aliphatic carboxylic acids is 2. The second-order valence-electron chi connectivity index (χ2n) is 6.67. The lowest BCUT2D eigenvalue weighted by molar-refractivity contribution is -0.147. The zero-order valence-corrected chi connectivity index (χ0v) is 17.4. The molecule has 0 aliphatic carbocycles. The monoisotopic (exact) mass is 466 g/mol. The number of carboxylic acid groups (broad SMARTS) is 2. The third kappa shape index (κ3) is 6.57. The number of nitrogens with one attached hydrogen (secondary N) is 2. The minimum atomic E-state index is -1.57. The molecule has 6 N–H and O–H groups in total. The van der Waals surface area contributed by atoms with Crippen LogP contribution in [0.2, 0.25) is 0 Å². The smallest absolute Gasteiger partial charge is 0.355 e. The number of nitrogens with two attached hydrogens (primary N) is 1. The molecule has 0 aliphatic heterocycles. The normalized spacial score (nSPS) is 12.4. The van der Waals surface area contributed by atoms with Crippen LogP contribution in [0.3, 0.4) is 0 Å². The Morgan fingerprint density at radius 2 is 1.97 bits per heavy atom. The molecule has 1 heterocycles. The molecule has 0 aliphatic rings. The van der Waals surface area contributed by atoms with Crippen LogP contribution in [0.15, 0.2) is 24.4 Å². The molecule has 0 saturated heterocycles. The summed E-state index contributed by atoms with van der Waals surface area (Å²) in [7, 11) is 0. The maximum absolute atomic E-state index is 14.0. The molecule has 2 rings (SSSR count). The molecule has 13 heteroatoms. The molecule has 32 heavy (non-hydrogen) atoms. The van der Waals surface area contributed by atoms with Crippen molar-refractivity contribution in [1.82, 2.24) is 10.3 Å². The Balaban J connectivity index is 2.01. The van der Waals surface area contributed by atoms with Crippen molar-refractivity contribution >= 4 is 41.0 Å². The molecule has 0 spiro atoms. The third-order valence-corrected chi connectivity index (χ3v) is 5.30. The lowest BCUT2D eigenvalue weighted by Gasteiger charge is -2.14. The van der Waals surface area contributed by atoms with Gasteiger partial charge in [-0.1, -0.05) is 6.92 Å². The molecule has 0 radical (unpaired) electrons. The van der Waals surface area contributed by atoms with Crippen molar-refractivity contribution in [2.75, 3.05) is 0 Å². The highest BCUT2D eigenvalue weighted by Crippen LogP contribution is 2.26. The first-order valence-corrected chi connectivity index (χ1v) is 9.85. The Labute approximate surface area is 184 Å². The number of nitrogen functional groups attached to an aromatic ring is 1. The summed E-state index contributed by atoms with van der Waals surface area (Å²) in [5.41, 5.74) is 5.40. The zero-order valence-electron chi connectivity index (χ0n) is 16.6. The van der Waals surface area contributed by atoms with Crippen molar-refractivity contribution in [3.63, 3.8) is 0 Å². The summed E-state index contributed by atoms with van der Waals surface area (Å²) < 4.78 is 19.0. The number of rotatable bonds is 10. The van der Waals surface area contributed by atoms with Crippen LogP contribution in [0.5, 0.6) is 5.75 Å². The van der Waals surface area contributed by atoms with Crippen molar-refractivity contribution in [2.45, 2.75) is 31.7 Å². The van der Waals surface area contributed by atoms with Crippen LogP contribution in [0.1, 0.15) is 45.9 Å². The lowest BCUT2D eigenvalue weighted by atomic mass is 10.1. The number of hydrogen-bond donors (Lipinski definition) is 5. The highest BCUT2D eigenvalue weighted by molar-refractivity contribution is 7.13. The van der Waals surface area contributed by atoms with Crippen molar-refractivity contribution in [2.24, 2.45) is 5.73 Å². The number of amides is 1. The molecule has 1 amide bonds. The van der Waals surface area contributed by atoms with Gasteiger partial charge in [0.2, 0.25) is 5.91 Å². The zero-order chi connectivity index (χ0) is 24.0. The van der Waals surface area contributed by atoms with E-state index in [1.165, 1.54) is 12.3 Å². The van der Waals surface area contributed by atoms with Gasteiger partial charge in [-0.2, -0.15) is 0 Å². The molecule has 11 nitrogen and oxygen atoms in total. The van der Waals surface area contributed by atoms with Gasteiger partial charge in [0.05, 0.1) is 17.6 Å². The lowest BCUT2D eigenvalue weighted by Crippen LogP contribution is -2.42. The Hall–Kier alpha value is -3.87. The number of nitrogens with zero attached hydrogens (tertiary/aromatic N) is 1. The number of aromatic nitrogens is 1. The average Bonchev–Trinajstić information content (AvgIpc) is 3.19. The summed E-state index contributed by atoms with van der Waals surface area (Å²) in [5.74, 6) is -6.53. The van der Waals surface area contributed by atoms with Gasteiger partial charge in [-0.25, -0.2) is 19.0 Å². The largest absolute Gasteiger partial charge is 0.481 e. The molecule has 0 saturated carbocycles. The number of thiazole rings is 1. The summed E-state index contributed by atoms with van der Waals surface area (Å²) >= 11 is 0.907. The van der Waals surface area contributed by atoms with Gasteiger partial charge in [-0.05, 0) is 18.2 Å². The van der Waals surface area contributed by atoms with E-state index in [0.717, 1.165) is 23.5 Å². The van der Waals surface area contributed by atoms with Crippen LogP contribution in [-0.4, -0.2) is 50.9 Å². The van der Waals surface area contributed by atoms with E-state index in [9.17, 15) is 23.6 Å². The van der Waals surface area contributed by atoms with Crippen LogP contribution in [0.25, 0.3) is 0 Å². The number of hydrogen-bond acceptors (Lipinski definition) is 8. The maximum atomic E-state index is 14.0. The van der Waals surface area contributed by atoms with Crippen LogP contribution >= 0.6 is 11.3 Å². The number of halogens is 1. The van der Waals surface area contributed by atoms with Crippen LogP contribution in [-0.2, 0) is 14.4 Å². The van der Waals surface area contributed by atoms with E-state index < -0.39 is 48.0 Å². The number of carboxylic acids is 2. The van der Waals surface area contributed by atoms with Crippen LogP contribution < -0.4 is 15.8 Å². The highest BCUT2D eigenvalue weighted by atomic mass is 32.1. The molecular formula is C19H19FN4O7S. The SMILES string of the molecule is CC(CC(=O)N[C@@H](CC(=O)O)C(=O)O)c1ncc(C(=O)Oc2ccc(C(=N)N)cc2F)s1. The summed E-state index contributed by atoms with van der Waals surface area (Å²) in [6.45, 7) is 1.61. The number of ether oxygens (including phenoxy) is 1. The molecule has 170 valence electrons. The highest BCUT2D eigenvalue weighted by Gasteiger charge is 2.25. The first kappa shape index (κ1) is 24.4. The Bertz CT molecular complexity index is 1070. The van der Waals surface area contributed by atoms with Crippen molar-refractivity contribution in [3.05, 3.63) is 45.7 Å². The van der Waals surface area contributed by atoms with Crippen LogP contribution in [0.4, 0.5) is 4.39 Å². The number of esters is 1. The van der Waals surface area contributed by atoms with Gasteiger partial charge in [-0.15, -0.1) is 11.3 Å². The summed E-state index contributed by atoms with van der Waals surface area (Å²) in [4.78, 5) is 50.2. The van der Waals surface area contributed by atoms with E-state index in [1.54, 1.807) is 6.92 Å². The average molecular weight is 466 g/mol. The second kappa shape index (κ2) is 10.4. The minimum Gasteiger partial charge on any atom is -0.481 e. The first-order valence-electron chi connectivity index (χ1n) is 9.03. The topological polar surface area (TPSA) is 193 Å². The maximum Gasteiger partial charge on any atom is 0.355 e. The summed E-state index contributed by atoms with van der Waals surface area (Å²) in [5, 5.41) is 27.5. The molecule has 1 unspecified atom stereocenters. The fraction of sp³-hybridized carbons (Fsp3) is 0.263. The second-order valence-corrected chi connectivity index (χ2v) is 7.73. The van der Waals surface area contributed by atoms with E-state index in [-0.39, 0.29) is 28.4 Å². The van der Waals surface area contributed by atoms with E-state index >= 15 is 0 Å². The van der Waals surface area contributed by atoms with Gasteiger partial charge in [0.15, 0.2) is 11.6 Å². The van der Waals surface area contributed by atoms with Crippen molar-refractivity contribution < 1.29 is 38.5 Å². The van der Waals surface area contributed by atoms with Gasteiger partial charge < -0.3 is 26.0 Å². The van der Waals surface area contributed by atoms with Gasteiger partial charge >= 0.3 is 17.9 Å². The minimum absolute atomic E-state index is 0.0385. The van der Waals surface area contributed by atoms with Crippen molar-refractivity contribution in [3.8, 4) is 5.75 Å². The summed E-state index contributed by atoms with van der Waals surface area (Å²) in [6.07, 6.45) is 0.224. The van der Waals surface area contributed by atoms with Gasteiger partial charge in [0.25, 0.3) is 0 Å². The third-order valence-electron chi connectivity index (χ3n) is 4.10. The van der Waals surface area contributed by atoms with E-state index in [2.05, 4.69) is 10.3 Å². The fourth-order valence-electron chi connectivity index (χ4n) is 2.50. The van der Waals surface area contributed by atoms with E-state index in [4.69, 9.17) is 26.1 Å².